The van der Waals surface area contributed by atoms with Gasteiger partial charge in [-0.2, -0.15) is 0 Å². The van der Waals surface area contributed by atoms with Gasteiger partial charge in [-0.05, 0) is 56.8 Å². The van der Waals surface area contributed by atoms with Crippen molar-refractivity contribution in [2.75, 3.05) is 13.1 Å². The fraction of sp³-hybridized carbons (Fsp3) is 0.444. The normalized spacial score (nSPS) is 17.9. The highest BCUT2D eigenvalue weighted by molar-refractivity contribution is 6.01. The van der Waals surface area contributed by atoms with Crippen molar-refractivity contribution in [3.8, 4) is 11.6 Å². The van der Waals surface area contributed by atoms with Crippen LogP contribution in [0.25, 0.3) is 10.8 Å². The number of amides is 1. The number of rotatable bonds is 5. The van der Waals surface area contributed by atoms with Gasteiger partial charge in [0, 0.05) is 18.1 Å². The van der Waals surface area contributed by atoms with Crippen LogP contribution in [-0.4, -0.2) is 36.2 Å². The Balaban J connectivity index is 2.02. The summed E-state index contributed by atoms with van der Waals surface area (Å²) in [7, 11) is 0. The second-order valence-corrected chi connectivity index (χ2v) is 6.30. The van der Waals surface area contributed by atoms with Crippen LogP contribution in [0, 0.1) is 0 Å². The number of pyridine rings is 1. The van der Waals surface area contributed by atoms with Crippen molar-refractivity contribution in [2.24, 2.45) is 5.73 Å². The van der Waals surface area contributed by atoms with Gasteiger partial charge < -0.3 is 20.5 Å². The molecule has 0 radical (unpaired) electrons. The van der Waals surface area contributed by atoms with Crippen LogP contribution in [0.15, 0.2) is 24.4 Å². The lowest BCUT2D eigenvalue weighted by atomic mass is 10.1. The maximum atomic E-state index is 11.7. The van der Waals surface area contributed by atoms with Gasteiger partial charge in [-0.1, -0.05) is 0 Å². The molecule has 6 nitrogen and oxygen atoms in total. The van der Waals surface area contributed by atoms with E-state index >= 15 is 0 Å². The zero-order chi connectivity index (χ0) is 17.1. The van der Waals surface area contributed by atoms with Gasteiger partial charge in [-0.25, -0.2) is 4.98 Å². The van der Waals surface area contributed by atoms with Gasteiger partial charge in [0.05, 0.1) is 11.7 Å². The predicted octanol–water partition coefficient (Wildman–Crippen LogP) is 2.25. The molecular formula is C18H23N3O3. The third kappa shape index (κ3) is 3.59. The van der Waals surface area contributed by atoms with Crippen LogP contribution in [0.3, 0.4) is 0 Å². The van der Waals surface area contributed by atoms with E-state index in [1.807, 2.05) is 19.9 Å². The summed E-state index contributed by atoms with van der Waals surface area (Å²) in [5.74, 6) is 0.513. The van der Waals surface area contributed by atoms with Crippen LogP contribution in [0.4, 0.5) is 0 Å². The number of nitrogens with two attached hydrogens (primary N) is 1. The molecule has 2 heterocycles. The second kappa shape index (κ2) is 7.05. The van der Waals surface area contributed by atoms with Gasteiger partial charge in [0.15, 0.2) is 0 Å². The maximum Gasteiger partial charge on any atom is 0.252 e. The van der Waals surface area contributed by atoms with E-state index in [0.717, 1.165) is 36.7 Å². The van der Waals surface area contributed by atoms with Crippen LogP contribution in [0.1, 0.15) is 37.0 Å². The lowest BCUT2D eigenvalue weighted by Crippen LogP contribution is -2.37. The molecule has 0 aliphatic carbocycles. The summed E-state index contributed by atoms with van der Waals surface area (Å²) in [5.41, 5.74) is 5.86. The number of nitrogens with one attached hydrogen (secondary N) is 1. The van der Waals surface area contributed by atoms with Gasteiger partial charge in [-0.3, -0.25) is 4.79 Å². The molecule has 1 aliphatic heterocycles. The summed E-state index contributed by atoms with van der Waals surface area (Å²) >= 11 is 0. The largest absolute Gasteiger partial charge is 0.490 e. The quantitative estimate of drug-likeness (QED) is 0.878. The highest BCUT2D eigenvalue weighted by Gasteiger charge is 2.19. The number of ether oxygens (including phenoxy) is 2. The number of hydrogen-bond acceptors (Lipinski definition) is 5. The van der Waals surface area contributed by atoms with Gasteiger partial charge >= 0.3 is 0 Å². The van der Waals surface area contributed by atoms with Crippen LogP contribution >= 0.6 is 0 Å². The van der Waals surface area contributed by atoms with E-state index in [1.54, 1.807) is 18.3 Å². The molecule has 3 N–H and O–H groups in total. The van der Waals surface area contributed by atoms with Crippen molar-refractivity contribution in [3.63, 3.8) is 0 Å². The van der Waals surface area contributed by atoms with E-state index < -0.39 is 5.91 Å². The Labute approximate surface area is 141 Å². The number of primary amides is 1. The Morgan fingerprint density at radius 2 is 2.25 bits per heavy atom. The minimum absolute atomic E-state index is 0.0656. The molecular weight excluding hydrogens is 306 g/mol. The van der Waals surface area contributed by atoms with Gasteiger partial charge in [-0.15, -0.1) is 0 Å². The van der Waals surface area contributed by atoms with Crippen LogP contribution in [0.5, 0.6) is 11.6 Å². The molecule has 2 aromatic rings. The molecule has 0 unspecified atom stereocenters. The van der Waals surface area contributed by atoms with Crippen molar-refractivity contribution in [3.05, 3.63) is 30.0 Å². The van der Waals surface area contributed by atoms with Crippen LogP contribution < -0.4 is 20.5 Å². The molecule has 1 aromatic carbocycles. The Morgan fingerprint density at radius 3 is 2.92 bits per heavy atom. The third-order valence-electron chi connectivity index (χ3n) is 3.99. The van der Waals surface area contributed by atoms with Crippen molar-refractivity contribution < 1.29 is 14.3 Å². The average Bonchev–Trinajstić information content (AvgIpc) is 2.55. The molecule has 3 rings (SSSR count). The lowest BCUT2D eigenvalue weighted by molar-refractivity contribution is 0.0994. The van der Waals surface area contributed by atoms with Gasteiger partial charge in [0.25, 0.3) is 5.91 Å². The number of hydrogen-bond donors (Lipinski definition) is 2. The minimum atomic E-state index is -0.511. The molecule has 1 atom stereocenters. The fourth-order valence-electron chi connectivity index (χ4n) is 2.89. The van der Waals surface area contributed by atoms with Crippen molar-refractivity contribution in [1.82, 2.24) is 10.3 Å². The summed E-state index contributed by atoms with van der Waals surface area (Å²) < 4.78 is 11.8. The minimum Gasteiger partial charge on any atom is -0.490 e. The Hall–Kier alpha value is -2.34. The van der Waals surface area contributed by atoms with Gasteiger partial charge in [0.2, 0.25) is 5.88 Å². The number of nitrogens with zero attached hydrogens (tertiary/aromatic N) is 1. The van der Waals surface area contributed by atoms with Crippen LogP contribution in [-0.2, 0) is 0 Å². The van der Waals surface area contributed by atoms with Crippen molar-refractivity contribution in [2.45, 2.75) is 38.9 Å². The first kappa shape index (κ1) is 16.5. The summed E-state index contributed by atoms with van der Waals surface area (Å²) in [4.78, 5) is 16.1. The highest BCUT2D eigenvalue weighted by Crippen LogP contribution is 2.32. The molecule has 0 spiro atoms. The number of benzene rings is 1. The molecule has 1 fully saturated rings. The zero-order valence-corrected chi connectivity index (χ0v) is 14.0. The molecule has 1 aliphatic rings. The topological polar surface area (TPSA) is 86.5 Å². The molecule has 1 aromatic heterocycles. The number of piperidine rings is 1. The van der Waals surface area contributed by atoms with Gasteiger partial charge in [0.1, 0.15) is 11.9 Å². The Bertz CT molecular complexity index is 740. The third-order valence-corrected chi connectivity index (χ3v) is 3.99. The first-order valence-electron chi connectivity index (χ1n) is 8.31. The smallest absolute Gasteiger partial charge is 0.252 e. The lowest BCUT2D eigenvalue weighted by Gasteiger charge is -2.24. The van der Waals surface area contributed by atoms with E-state index in [1.165, 1.54) is 0 Å². The Kier molecular flexibility index (Phi) is 4.85. The molecule has 24 heavy (non-hydrogen) atoms. The predicted molar refractivity (Wildman–Crippen MR) is 92.5 cm³/mol. The molecule has 128 valence electrons. The number of aromatic nitrogens is 1. The van der Waals surface area contributed by atoms with Crippen molar-refractivity contribution in [1.29, 1.82) is 0 Å². The number of carbonyl (C=O) groups is 1. The molecule has 0 bridgehead atoms. The summed E-state index contributed by atoms with van der Waals surface area (Å²) in [5, 5.41) is 5.00. The van der Waals surface area contributed by atoms with E-state index in [4.69, 9.17) is 15.2 Å². The maximum absolute atomic E-state index is 11.7. The number of fused-ring (bicyclic) bond motifs is 1. The first-order valence-corrected chi connectivity index (χ1v) is 8.31. The number of carbonyl (C=O) groups excluding carboxylic acids is 1. The monoisotopic (exact) mass is 329 g/mol. The van der Waals surface area contributed by atoms with E-state index in [0.29, 0.717) is 17.2 Å². The molecule has 0 saturated carbocycles. The molecule has 1 amide bonds. The molecule has 6 heteroatoms. The molecule has 1 saturated heterocycles. The second-order valence-electron chi connectivity index (χ2n) is 6.30. The van der Waals surface area contributed by atoms with E-state index in [2.05, 4.69) is 10.3 Å². The van der Waals surface area contributed by atoms with E-state index in [9.17, 15) is 4.79 Å². The standard InChI is InChI=1S/C18H23N3O3/c1-11(2)23-16-9-14-12(8-15(16)17(19)22)5-7-21-18(14)24-13-4-3-6-20-10-13/h5,7-9,11,13,20H,3-4,6,10H2,1-2H3,(H2,19,22)/t13-/m1/s1. The van der Waals surface area contributed by atoms with E-state index in [-0.39, 0.29) is 12.2 Å². The zero-order valence-electron chi connectivity index (χ0n) is 14.0. The highest BCUT2D eigenvalue weighted by atomic mass is 16.5. The Morgan fingerprint density at radius 1 is 1.42 bits per heavy atom. The summed E-state index contributed by atoms with van der Waals surface area (Å²) in [6, 6.07) is 5.38. The SMILES string of the molecule is CC(C)Oc1cc2c(O[C@@H]3CCCNC3)nccc2cc1C(N)=O. The average molecular weight is 329 g/mol. The summed E-state index contributed by atoms with van der Waals surface area (Å²) in [6.45, 7) is 5.65. The van der Waals surface area contributed by atoms with Crippen molar-refractivity contribution >= 4 is 16.7 Å². The first-order chi connectivity index (χ1) is 11.5. The van der Waals surface area contributed by atoms with Crippen LogP contribution in [0.2, 0.25) is 0 Å². The fourth-order valence-corrected chi connectivity index (χ4v) is 2.89. The summed E-state index contributed by atoms with van der Waals surface area (Å²) in [6.07, 6.45) is 3.80.